The molecule has 0 aliphatic carbocycles. The van der Waals surface area contributed by atoms with Crippen LogP contribution in [0, 0.1) is 0 Å². The highest BCUT2D eigenvalue weighted by Gasteiger charge is 2.33. The minimum absolute atomic E-state index is 0.118. The Morgan fingerprint density at radius 1 is 1.42 bits per heavy atom. The van der Waals surface area contributed by atoms with Gasteiger partial charge < -0.3 is 10.1 Å². The van der Waals surface area contributed by atoms with Crippen LogP contribution in [0.15, 0.2) is 12.1 Å². The third kappa shape index (κ3) is 3.73. The summed E-state index contributed by atoms with van der Waals surface area (Å²) in [5, 5.41) is 2.81. The van der Waals surface area contributed by atoms with Crippen LogP contribution >= 0.6 is 11.6 Å². The Bertz CT molecular complexity index is 459. The van der Waals surface area contributed by atoms with Crippen LogP contribution in [0.25, 0.3) is 0 Å². The summed E-state index contributed by atoms with van der Waals surface area (Å²) in [7, 11) is 0. The Kier molecular flexibility index (Phi) is 3.92. The zero-order valence-corrected chi connectivity index (χ0v) is 11.1. The topological polar surface area (TPSA) is 34.2 Å². The van der Waals surface area contributed by atoms with Gasteiger partial charge in [0.05, 0.1) is 17.7 Å². The van der Waals surface area contributed by atoms with Gasteiger partial charge in [-0.25, -0.2) is 4.98 Å². The quantitative estimate of drug-likeness (QED) is 0.844. The molecule has 0 aromatic carbocycles. The minimum atomic E-state index is -4.44. The Hall–Kier alpha value is -1.01. The molecule has 0 bridgehead atoms. The van der Waals surface area contributed by atoms with Crippen LogP contribution in [0.1, 0.15) is 25.3 Å². The number of hydrogen-bond acceptors (Lipinski definition) is 3. The summed E-state index contributed by atoms with van der Waals surface area (Å²) in [6.07, 6.45) is -2.77. The number of anilines is 1. The first-order chi connectivity index (χ1) is 8.78. The van der Waals surface area contributed by atoms with Gasteiger partial charge in [0.1, 0.15) is 11.0 Å². The highest BCUT2D eigenvalue weighted by Crippen LogP contribution is 2.33. The summed E-state index contributed by atoms with van der Waals surface area (Å²) < 4.78 is 43.4. The molecule has 3 nitrogen and oxygen atoms in total. The predicted molar refractivity (Wildman–Crippen MR) is 66.3 cm³/mol. The first kappa shape index (κ1) is 14.4. The lowest BCUT2D eigenvalue weighted by atomic mass is 9.95. The molecule has 1 aliphatic heterocycles. The molecule has 1 saturated heterocycles. The number of halogens is 4. The monoisotopic (exact) mass is 294 g/mol. The van der Waals surface area contributed by atoms with Gasteiger partial charge in [0.2, 0.25) is 0 Å². The average Bonchev–Trinajstić information content (AvgIpc) is 2.27. The molecule has 1 atom stereocenters. The molecule has 1 aromatic rings. The molecular formula is C12H14ClF3N2O. The predicted octanol–water partition coefficient (Wildman–Crippen LogP) is 3.73. The number of aromatic nitrogens is 1. The highest BCUT2D eigenvalue weighted by atomic mass is 35.5. The third-order valence-corrected chi connectivity index (χ3v) is 3.18. The van der Waals surface area contributed by atoms with E-state index in [9.17, 15) is 13.2 Å². The van der Waals surface area contributed by atoms with Crippen molar-refractivity contribution in [1.82, 2.24) is 4.98 Å². The molecule has 19 heavy (non-hydrogen) atoms. The number of nitrogens with one attached hydrogen (secondary N) is 1. The number of ether oxygens (including phenoxy) is 1. The second-order valence-corrected chi connectivity index (χ2v) is 5.29. The van der Waals surface area contributed by atoms with E-state index in [2.05, 4.69) is 10.3 Å². The Morgan fingerprint density at radius 2 is 2.16 bits per heavy atom. The molecular weight excluding hydrogens is 281 g/mol. The Morgan fingerprint density at radius 3 is 2.74 bits per heavy atom. The zero-order chi connectivity index (χ0) is 14.1. The van der Waals surface area contributed by atoms with E-state index in [-0.39, 0.29) is 11.0 Å². The standard InChI is InChI=1S/C12H14ClF3N2O/c1-11(3-2-4-19-7-11)18-10-6-8(12(14,15)16)5-9(13)17-10/h5-6H,2-4,7H2,1H3,(H,17,18). The van der Waals surface area contributed by atoms with E-state index in [1.165, 1.54) is 0 Å². The normalized spacial score (nSPS) is 24.3. The first-order valence-electron chi connectivity index (χ1n) is 5.89. The average molecular weight is 295 g/mol. The maximum Gasteiger partial charge on any atom is 0.416 e. The van der Waals surface area contributed by atoms with Crippen molar-refractivity contribution >= 4 is 17.4 Å². The third-order valence-electron chi connectivity index (χ3n) is 2.99. The van der Waals surface area contributed by atoms with E-state index >= 15 is 0 Å². The van der Waals surface area contributed by atoms with Crippen LogP contribution in [-0.2, 0) is 10.9 Å². The minimum Gasteiger partial charge on any atom is -0.379 e. The SMILES string of the molecule is CC1(Nc2cc(C(F)(F)F)cc(Cl)n2)CCCOC1. The summed E-state index contributed by atoms with van der Waals surface area (Å²) in [6, 6.07) is 1.78. The summed E-state index contributed by atoms with van der Waals surface area (Å²) in [5.74, 6) is 0.118. The van der Waals surface area contributed by atoms with E-state index in [1.54, 1.807) is 0 Å². The van der Waals surface area contributed by atoms with Crippen LogP contribution in [0.4, 0.5) is 19.0 Å². The van der Waals surface area contributed by atoms with E-state index < -0.39 is 17.3 Å². The second kappa shape index (κ2) is 5.17. The fraction of sp³-hybridized carbons (Fsp3) is 0.583. The van der Waals surface area contributed by atoms with Gasteiger partial charge in [-0.2, -0.15) is 13.2 Å². The Balaban J connectivity index is 2.22. The molecule has 7 heteroatoms. The van der Waals surface area contributed by atoms with E-state index in [0.717, 1.165) is 25.0 Å². The molecule has 0 spiro atoms. The van der Waals surface area contributed by atoms with Crippen LogP contribution in [-0.4, -0.2) is 23.7 Å². The van der Waals surface area contributed by atoms with Crippen molar-refractivity contribution in [2.45, 2.75) is 31.5 Å². The lowest BCUT2D eigenvalue weighted by Crippen LogP contribution is -2.43. The van der Waals surface area contributed by atoms with Crippen molar-refractivity contribution in [3.63, 3.8) is 0 Å². The summed E-state index contributed by atoms with van der Waals surface area (Å²) in [5.41, 5.74) is -1.23. The van der Waals surface area contributed by atoms with Gasteiger partial charge in [-0.05, 0) is 31.9 Å². The fourth-order valence-electron chi connectivity index (χ4n) is 2.07. The molecule has 2 rings (SSSR count). The van der Waals surface area contributed by atoms with E-state index in [0.29, 0.717) is 13.2 Å². The van der Waals surface area contributed by atoms with Crippen molar-refractivity contribution < 1.29 is 17.9 Å². The van der Waals surface area contributed by atoms with Crippen LogP contribution in [0.5, 0.6) is 0 Å². The van der Waals surface area contributed by atoms with Gasteiger partial charge in [-0.15, -0.1) is 0 Å². The van der Waals surface area contributed by atoms with Crippen molar-refractivity contribution in [3.8, 4) is 0 Å². The summed E-state index contributed by atoms with van der Waals surface area (Å²) >= 11 is 5.64. The lowest BCUT2D eigenvalue weighted by molar-refractivity contribution is -0.137. The fourth-order valence-corrected chi connectivity index (χ4v) is 2.27. The zero-order valence-electron chi connectivity index (χ0n) is 10.4. The van der Waals surface area contributed by atoms with Gasteiger partial charge in [-0.3, -0.25) is 0 Å². The molecule has 1 fully saturated rings. The number of pyridine rings is 1. The maximum atomic E-state index is 12.7. The van der Waals surface area contributed by atoms with Gasteiger partial charge >= 0.3 is 6.18 Å². The molecule has 0 saturated carbocycles. The molecule has 1 N–H and O–H groups in total. The number of hydrogen-bond donors (Lipinski definition) is 1. The molecule has 1 aromatic heterocycles. The lowest BCUT2D eigenvalue weighted by Gasteiger charge is -2.34. The van der Waals surface area contributed by atoms with Gasteiger partial charge in [0.15, 0.2) is 0 Å². The first-order valence-corrected chi connectivity index (χ1v) is 6.27. The highest BCUT2D eigenvalue weighted by molar-refractivity contribution is 6.29. The van der Waals surface area contributed by atoms with E-state index in [1.807, 2.05) is 6.92 Å². The molecule has 1 aliphatic rings. The van der Waals surface area contributed by atoms with Crippen molar-refractivity contribution in [3.05, 3.63) is 22.8 Å². The van der Waals surface area contributed by atoms with Crippen molar-refractivity contribution in [1.29, 1.82) is 0 Å². The molecule has 0 radical (unpaired) electrons. The summed E-state index contributed by atoms with van der Waals surface area (Å²) in [6.45, 7) is 3.00. The van der Waals surface area contributed by atoms with Gasteiger partial charge in [0.25, 0.3) is 0 Å². The molecule has 106 valence electrons. The molecule has 0 amide bonds. The number of rotatable bonds is 2. The molecule has 2 heterocycles. The number of nitrogens with zero attached hydrogens (tertiary/aromatic N) is 1. The Labute approximate surface area is 114 Å². The maximum absolute atomic E-state index is 12.7. The van der Waals surface area contributed by atoms with Crippen LogP contribution < -0.4 is 5.32 Å². The summed E-state index contributed by atoms with van der Waals surface area (Å²) in [4.78, 5) is 3.89. The van der Waals surface area contributed by atoms with Gasteiger partial charge in [-0.1, -0.05) is 11.6 Å². The van der Waals surface area contributed by atoms with Crippen LogP contribution in [0.3, 0.4) is 0 Å². The molecule has 1 unspecified atom stereocenters. The smallest absolute Gasteiger partial charge is 0.379 e. The van der Waals surface area contributed by atoms with E-state index in [4.69, 9.17) is 16.3 Å². The van der Waals surface area contributed by atoms with Crippen LogP contribution in [0.2, 0.25) is 5.15 Å². The largest absolute Gasteiger partial charge is 0.416 e. The van der Waals surface area contributed by atoms with Crippen molar-refractivity contribution in [2.24, 2.45) is 0 Å². The second-order valence-electron chi connectivity index (χ2n) is 4.90. The number of alkyl halides is 3. The van der Waals surface area contributed by atoms with Crippen molar-refractivity contribution in [2.75, 3.05) is 18.5 Å². The van der Waals surface area contributed by atoms with Gasteiger partial charge in [0, 0.05) is 6.61 Å².